The van der Waals surface area contributed by atoms with E-state index in [0.717, 1.165) is 0 Å². The number of primary amides is 1. The molecule has 46 heavy (non-hydrogen) atoms. The Morgan fingerprint density at radius 3 is 1.98 bits per heavy atom. The average molecular weight is 651 g/mol. The van der Waals surface area contributed by atoms with Crippen LogP contribution in [0.15, 0.2) is 0 Å². The zero-order valence-electron chi connectivity index (χ0n) is 30.1. The van der Waals surface area contributed by atoms with Crippen molar-refractivity contribution in [2.24, 2.45) is 33.8 Å². The predicted octanol–water partition coefficient (Wildman–Crippen LogP) is 2.80. The molecule has 0 aromatic carbocycles. The van der Waals surface area contributed by atoms with Gasteiger partial charge in [0.2, 0.25) is 17.6 Å². The molecular weight excluding hydrogens is 592 g/mol. The number of carbonyl (C=O) groups is 6. The minimum Gasteiger partial charge on any atom is -0.444 e. The van der Waals surface area contributed by atoms with Crippen molar-refractivity contribution in [1.29, 1.82) is 0 Å². The number of amides is 6. The monoisotopic (exact) mass is 650 g/mol. The van der Waals surface area contributed by atoms with E-state index in [9.17, 15) is 28.8 Å². The van der Waals surface area contributed by atoms with Crippen molar-refractivity contribution in [3.63, 3.8) is 0 Å². The Labute approximate surface area is 274 Å². The Kier molecular flexibility index (Phi) is 11.6. The number of likely N-dealkylation sites (N-methyl/N-ethyl adjacent to an activating group) is 1. The lowest BCUT2D eigenvalue weighted by atomic mass is 9.85. The number of nitrogens with zero attached hydrogens (tertiary/aromatic N) is 2. The number of ketones is 1. The van der Waals surface area contributed by atoms with E-state index in [2.05, 4.69) is 16.0 Å². The van der Waals surface area contributed by atoms with Gasteiger partial charge in [-0.1, -0.05) is 62.3 Å². The largest absolute Gasteiger partial charge is 0.444 e. The molecular formula is C33H58N6O7. The van der Waals surface area contributed by atoms with Gasteiger partial charge in [0.15, 0.2) is 0 Å². The quantitative estimate of drug-likeness (QED) is 0.248. The number of nitrogens with one attached hydrogen (secondary N) is 3. The fourth-order valence-electron chi connectivity index (χ4n) is 6.41. The van der Waals surface area contributed by atoms with E-state index in [-0.39, 0.29) is 35.6 Å². The van der Waals surface area contributed by atoms with E-state index < -0.39 is 70.8 Å². The van der Waals surface area contributed by atoms with Gasteiger partial charge in [0.25, 0.3) is 5.91 Å². The maximum atomic E-state index is 14.2. The molecule has 0 spiro atoms. The van der Waals surface area contributed by atoms with Crippen LogP contribution < -0.4 is 21.7 Å². The van der Waals surface area contributed by atoms with Crippen LogP contribution in [0.25, 0.3) is 0 Å². The highest BCUT2D eigenvalue weighted by Gasteiger charge is 2.69. The van der Waals surface area contributed by atoms with Crippen LogP contribution in [-0.2, 0) is 23.9 Å². The molecule has 0 aromatic rings. The molecule has 2 fully saturated rings. The number of carbonyl (C=O) groups excluding carboxylic acids is 6. The Morgan fingerprint density at radius 2 is 1.52 bits per heavy atom. The van der Waals surface area contributed by atoms with E-state index in [1.54, 1.807) is 34.7 Å². The van der Waals surface area contributed by atoms with Crippen LogP contribution in [0.1, 0.15) is 95.9 Å². The van der Waals surface area contributed by atoms with Gasteiger partial charge in [-0.25, -0.2) is 9.59 Å². The van der Waals surface area contributed by atoms with Crippen molar-refractivity contribution >= 4 is 35.6 Å². The topological polar surface area (TPSA) is 180 Å². The van der Waals surface area contributed by atoms with Crippen LogP contribution in [-0.4, -0.2) is 95.3 Å². The molecule has 2 aliphatic rings. The second-order valence-corrected chi connectivity index (χ2v) is 16.8. The maximum Gasteiger partial charge on any atom is 0.410 e. The highest BCUT2D eigenvalue weighted by atomic mass is 16.6. The molecule has 1 saturated heterocycles. The summed E-state index contributed by atoms with van der Waals surface area (Å²) in [4.78, 5) is 80.8. The molecule has 0 radical (unpaired) electrons. The van der Waals surface area contributed by atoms with Gasteiger partial charge in [-0.2, -0.15) is 0 Å². The number of hydrogen-bond donors (Lipinski definition) is 4. The molecule has 262 valence electrons. The van der Waals surface area contributed by atoms with E-state index in [1.165, 1.54) is 9.80 Å². The van der Waals surface area contributed by atoms with Gasteiger partial charge < -0.3 is 36.2 Å². The van der Waals surface area contributed by atoms with Crippen molar-refractivity contribution in [1.82, 2.24) is 25.8 Å². The molecule has 13 nitrogen and oxygen atoms in total. The molecule has 1 unspecified atom stereocenters. The number of nitrogens with two attached hydrogens (primary N) is 1. The van der Waals surface area contributed by atoms with Gasteiger partial charge in [-0.3, -0.25) is 19.2 Å². The highest BCUT2D eigenvalue weighted by Crippen LogP contribution is 2.65. The van der Waals surface area contributed by atoms with E-state index in [1.807, 2.05) is 55.4 Å². The Balaban J connectivity index is 2.29. The fourth-order valence-corrected chi connectivity index (χ4v) is 6.41. The predicted molar refractivity (Wildman–Crippen MR) is 174 cm³/mol. The number of ether oxygens (including phenoxy) is 1. The lowest BCUT2D eigenvalue weighted by Gasteiger charge is -2.38. The SMILES string of the molecule is CCC(NC(=O)[C@@H]1[C@@H]2[C@H](CN1C(=O)[C@@H](NC(=O)N[C@H](CN(C)C(=O)OC(C)(C)C)CC(C)(C)C)C(C)(C)C)C2(C)C)C(=O)C(N)=O. The van der Waals surface area contributed by atoms with Crippen LogP contribution in [0.4, 0.5) is 9.59 Å². The van der Waals surface area contributed by atoms with Crippen LogP contribution in [0, 0.1) is 28.1 Å². The number of likely N-dealkylation sites (tertiary alicyclic amines) is 1. The van der Waals surface area contributed by atoms with Crippen molar-refractivity contribution in [2.45, 2.75) is 126 Å². The van der Waals surface area contributed by atoms with Crippen molar-refractivity contribution in [3.05, 3.63) is 0 Å². The summed E-state index contributed by atoms with van der Waals surface area (Å²) in [5.74, 6) is -3.06. The summed E-state index contributed by atoms with van der Waals surface area (Å²) < 4.78 is 5.48. The first kappa shape index (κ1) is 38.8. The summed E-state index contributed by atoms with van der Waals surface area (Å²) >= 11 is 0. The molecule has 1 aliphatic carbocycles. The van der Waals surface area contributed by atoms with E-state index >= 15 is 0 Å². The number of Topliss-reactive ketones (excluding diaryl/α,β-unsaturated/α-hetero) is 1. The number of rotatable bonds is 11. The van der Waals surface area contributed by atoms with Gasteiger partial charge in [-0.15, -0.1) is 0 Å². The first-order chi connectivity index (χ1) is 20.7. The van der Waals surface area contributed by atoms with Crippen molar-refractivity contribution < 1.29 is 33.5 Å². The molecule has 1 heterocycles. The minimum absolute atomic E-state index is 0.0631. The van der Waals surface area contributed by atoms with Gasteiger partial charge in [0.05, 0.1) is 6.04 Å². The van der Waals surface area contributed by atoms with Gasteiger partial charge in [0.1, 0.15) is 17.7 Å². The number of hydrogen-bond acceptors (Lipinski definition) is 7. The molecule has 1 aliphatic heterocycles. The number of urea groups is 1. The number of fused-ring (bicyclic) bond motifs is 1. The maximum absolute atomic E-state index is 14.2. The zero-order valence-corrected chi connectivity index (χ0v) is 30.1. The van der Waals surface area contributed by atoms with Crippen molar-refractivity contribution in [3.8, 4) is 0 Å². The third-order valence-corrected chi connectivity index (χ3v) is 8.83. The summed E-state index contributed by atoms with van der Waals surface area (Å²) in [6, 6.07) is -4.02. The molecule has 13 heteroatoms. The van der Waals surface area contributed by atoms with Gasteiger partial charge in [0, 0.05) is 26.2 Å². The molecule has 6 atom stereocenters. The first-order valence-electron chi connectivity index (χ1n) is 16.2. The molecule has 0 aromatic heterocycles. The van der Waals surface area contributed by atoms with Crippen LogP contribution >= 0.6 is 0 Å². The molecule has 6 amide bonds. The van der Waals surface area contributed by atoms with Gasteiger partial charge in [-0.05, 0) is 61.7 Å². The number of piperidine rings is 1. The Bertz CT molecular complexity index is 1200. The zero-order chi connectivity index (χ0) is 35.7. The highest BCUT2D eigenvalue weighted by molar-refractivity contribution is 6.37. The lowest BCUT2D eigenvalue weighted by molar-refractivity contribution is -0.145. The standard InChI is InChI=1S/C33H58N6O7/c1-14-20(23(40)25(34)41)36-26(42)22-21-19(33(21,11)12)17-39(22)27(43)24(31(5,6)7)37-28(44)35-18(15-30(2,3)4)16-38(13)29(45)46-32(8,9)10/h18-22,24H,14-17H2,1-13H3,(H2,34,41)(H,36,42)(H2,35,37,44)/t18-,19-,20?,21-,22-,24+/m0/s1. The van der Waals surface area contributed by atoms with Gasteiger partial charge >= 0.3 is 12.1 Å². The third-order valence-electron chi connectivity index (χ3n) is 8.83. The second-order valence-electron chi connectivity index (χ2n) is 16.8. The molecule has 1 saturated carbocycles. The minimum atomic E-state index is -1.14. The van der Waals surface area contributed by atoms with Crippen LogP contribution in [0.3, 0.4) is 0 Å². The second kappa shape index (κ2) is 13.8. The first-order valence-corrected chi connectivity index (χ1v) is 16.2. The lowest BCUT2D eigenvalue weighted by Crippen LogP contribution is -2.62. The van der Waals surface area contributed by atoms with E-state index in [4.69, 9.17) is 10.5 Å². The Hall–Kier alpha value is -3.38. The smallest absolute Gasteiger partial charge is 0.410 e. The van der Waals surface area contributed by atoms with Crippen LogP contribution in [0.5, 0.6) is 0 Å². The Morgan fingerprint density at radius 1 is 0.957 bits per heavy atom. The molecule has 0 bridgehead atoms. The summed E-state index contributed by atoms with van der Waals surface area (Å²) in [5, 5.41) is 8.48. The molecule has 5 N–H and O–H groups in total. The summed E-state index contributed by atoms with van der Waals surface area (Å²) in [6.45, 7) is 23.1. The normalized spacial score (nSPS) is 22.5. The van der Waals surface area contributed by atoms with Crippen molar-refractivity contribution in [2.75, 3.05) is 20.1 Å². The molecule has 2 rings (SSSR count). The summed E-state index contributed by atoms with van der Waals surface area (Å²) in [6.07, 6.45) is 0.188. The van der Waals surface area contributed by atoms with E-state index in [0.29, 0.717) is 13.0 Å². The fraction of sp³-hybridized carbons (Fsp3) is 0.818. The average Bonchev–Trinajstić information content (AvgIpc) is 3.19. The summed E-state index contributed by atoms with van der Waals surface area (Å²) in [5.41, 5.74) is 3.38. The third kappa shape index (κ3) is 9.81. The van der Waals surface area contributed by atoms with Crippen LogP contribution in [0.2, 0.25) is 0 Å². The summed E-state index contributed by atoms with van der Waals surface area (Å²) in [7, 11) is 1.61.